The molecule has 6 heteroatoms. The van der Waals surface area contributed by atoms with E-state index in [0.717, 1.165) is 29.2 Å². The van der Waals surface area contributed by atoms with Crippen molar-refractivity contribution in [3.8, 4) is 17.1 Å². The van der Waals surface area contributed by atoms with Gasteiger partial charge in [-0.05, 0) is 36.8 Å². The number of para-hydroxylation sites is 1. The Kier molecular flexibility index (Phi) is 4.85. The molecule has 0 aliphatic carbocycles. The maximum atomic E-state index is 12.3. The molecule has 2 aromatic carbocycles. The predicted molar refractivity (Wildman–Crippen MR) is 111 cm³/mol. The fraction of sp³-hybridized carbons (Fsp3) is 0.182. The summed E-state index contributed by atoms with van der Waals surface area (Å²) < 4.78 is 7.37. The number of nitrogens with zero attached hydrogens (tertiary/aromatic N) is 2. The van der Waals surface area contributed by atoms with Gasteiger partial charge in [0.1, 0.15) is 5.75 Å². The second-order valence-electron chi connectivity index (χ2n) is 6.57. The third-order valence-electron chi connectivity index (χ3n) is 4.77. The summed E-state index contributed by atoms with van der Waals surface area (Å²) >= 11 is 0. The SMILES string of the molecule is CCn1c(-c2cc(NC(=O)Cc3ccc(OC)cc3)n[nH]2)cc2ccccc21. The average molecular weight is 374 g/mol. The number of rotatable bonds is 6. The van der Waals surface area contributed by atoms with Gasteiger partial charge in [0.25, 0.3) is 0 Å². The quantitative estimate of drug-likeness (QED) is 0.530. The first-order valence-electron chi connectivity index (χ1n) is 9.24. The van der Waals surface area contributed by atoms with Gasteiger partial charge in [-0.3, -0.25) is 9.89 Å². The van der Waals surface area contributed by atoms with Gasteiger partial charge in [0.2, 0.25) is 5.91 Å². The number of anilines is 1. The first kappa shape index (κ1) is 17.9. The molecule has 6 nitrogen and oxygen atoms in total. The molecule has 2 aromatic heterocycles. The Bertz CT molecular complexity index is 1110. The predicted octanol–water partition coefficient (Wildman–Crippen LogP) is 4.24. The number of aryl methyl sites for hydroxylation is 1. The van der Waals surface area contributed by atoms with Crippen molar-refractivity contribution in [2.45, 2.75) is 19.9 Å². The summed E-state index contributed by atoms with van der Waals surface area (Å²) in [6.07, 6.45) is 0.279. The highest BCUT2D eigenvalue weighted by molar-refractivity contribution is 5.92. The monoisotopic (exact) mass is 374 g/mol. The van der Waals surface area contributed by atoms with Gasteiger partial charge < -0.3 is 14.6 Å². The van der Waals surface area contributed by atoms with Crippen molar-refractivity contribution in [2.24, 2.45) is 0 Å². The van der Waals surface area contributed by atoms with Gasteiger partial charge in [0, 0.05) is 23.5 Å². The van der Waals surface area contributed by atoms with Crippen LogP contribution < -0.4 is 10.1 Å². The number of amides is 1. The summed E-state index contributed by atoms with van der Waals surface area (Å²) in [6, 6.07) is 19.7. The third kappa shape index (κ3) is 3.49. The fourth-order valence-electron chi connectivity index (χ4n) is 3.41. The highest BCUT2D eigenvalue weighted by Gasteiger charge is 2.13. The standard InChI is InChI=1S/C22H22N4O2/c1-3-26-19-7-5-4-6-16(19)13-20(26)18-14-21(25-24-18)23-22(27)12-15-8-10-17(28-2)11-9-15/h4-11,13-14H,3,12H2,1-2H3,(H2,23,24,25,27). The average Bonchev–Trinajstić information content (AvgIpc) is 3.32. The van der Waals surface area contributed by atoms with E-state index < -0.39 is 0 Å². The number of aromatic nitrogens is 3. The van der Waals surface area contributed by atoms with Gasteiger partial charge >= 0.3 is 0 Å². The number of hydrogen-bond acceptors (Lipinski definition) is 3. The van der Waals surface area contributed by atoms with E-state index in [-0.39, 0.29) is 12.3 Å². The molecule has 0 aliphatic rings. The van der Waals surface area contributed by atoms with Crippen LogP contribution in [0.5, 0.6) is 5.75 Å². The minimum atomic E-state index is -0.112. The molecule has 0 fully saturated rings. The van der Waals surface area contributed by atoms with Crippen LogP contribution in [0.2, 0.25) is 0 Å². The normalized spacial score (nSPS) is 10.9. The Morgan fingerprint density at radius 3 is 2.68 bits per heavy atom. The van der Waals surface area contributed by atoms with Crippen LogP contribution in [0.4, 0.5) is 5.82 Å². The number of nitrogens with one attached hydrogen (secondary N) is 2. The molecule has 4 aromatic rings. The maximum Gasteiger partial charge on any atom is 0.229 e. The van der Waals surface area contributed by atoms with Crippen LogP contribution in [0, 0.1) is 0 Å². The van der Waals surface area contributed by atoms with E-state index in [9.17, 15) is 4.79 Å². The lowest BCUT2D eigenvalue weighted by molar-refractivity contribution is -0.115. The van der Waals surface area contributed by atoms with E-state index in [1.807, 2.05) is 42.5 Å². The molecule has 2 N–H and O–H groups in total. The van der Waals surface area contributed by atoms with E-state index in [1.165, 1.54) is 10.9 Å². The number of fused-ring (bicyclic) bond motifs is 1. The van der Waals surface area contributed by atoms with Crippen molar-refractivity contribution in [3.63, 3.8) is 0 Å². The molecule has 0 aliphatic heterocycles. The number of H-pyrrole nitrogens is 1. The van der Waals surface area contributed by atoms with Crippen molar-refractivity contribution >= 4 is 22.6 Å². The summed E-state index contributed by atoms with van der Waals surface area (Å²) in [6.45, 7) is 2.96. The van der Waals surface area contributed by atoms with E-state index >= 15 is 0 Å². The minimum absolute atomic E-state index is 0.112. The Labute approximate surface area is 163 Å². The molecule has 2 heterocycles. The molecule has 0 bridgehead atoms. The number of methoxy groups -OCH3 is 1. The summed E-state index contributed by atoms with van der Waals surface area (Å²) in [7, 11) is 1.62. The molecular weight excluding hydrogens is 352 g/mol. The van der Waals surface area contributed by atoms with Crippen LogP contribution in [0.25, 0.3) is 22.3 Å². The number of carbonyl (C=O) groups is 1. The maximum absolute atomic E-state index is 12.3. The molecule has 1 amide bonds. The smallest absolute Gasteiger partial charge is 0.229 e. The summed E-state index contributed by atoms with van der Waals surface area (Å²) in [4.78, 5) is 12.3. The Morgan fingerprint density at radius 1 is 1.14 bits per heavy atom. The second-order valence-corrected chi connectivity index (χ2v) is 6.57. The molecule has 0 radical (unpaired) electrons. The third-order valence-corrected chi connectivity index (χ3v) is 4.77. The van der Waals surface area contributed by atoms with Gasteiger partial charge in [-0.15, -0.1) is 0 Å². The molecule has 0 spiro atoms. The highest BCUT2D eigenvalue weighted by Crippen LogP contribution is 2.28. The zero-order valence-electron chi connectivity index (χ0n) is 15.9. The minimum Gasteiger partial charge on any atom is -0.497 e. The van der Waals surface area contributed by atoms with Crippen LogP contribution in [0.3, 0.4) is 0 Å². The van der Waals surface area contributed by atoms with Gasteiger partial charge in [-0.2, -0.15) is 5.10 Å². The largest absolute Gasteiger partial charge is 0.497 e. The lowest BCUT2D eigenvalue weighted by Crippen LogP contribution is -2.14. The van der Waals surface area contributed by atoms with Crippen LogP contribution in [0.15, 0.2) is 60.7 Å². The first-order chi connectivity index (χ1) is 13.7. The van der Waals surface area contributed by atoms with Crippen LogP contribution in [0.1, 0.15) is 12.5 Å². The van der Waals surface area contributed by atoms with E-state index in [0.29, 0.717) is 5.82 Å². The molecule has 0 saturated carbocycles. The van der Waals surface area contributed by atoms with E-state index in [4.69, 9.17) is 4.74 Å². The van der Waals surface area contributed by atoms with Gasteiger partial charge in [0.15, 0.2) is 5.82 Å². The van der Waals surface area contributed by atoms with E-state index in [2.05, 4.69) is 45.2 Å². The molecule has 0 saturated heterocycles. The fourth-order valence-corrected chi connectivity index (χ4v) is 3.41. The number of ether oxygens (including phenoxy) is 1. The number of hydrogen-bond donors (Lipinski definition) is 2. The van der Waals surface area contributed by atoms with Gasteiger partial charge in [-0.25, -0.2) is 0 Å². The van der Waals surface area contributed by atoms with Crippen molar-refractivity contribution in [1.82, 2.24) is 14.8 Å². The Hall–Kier alpha value is -3.54. The number of carbonyl (C=O) groups excluding carboxylic acids is 1. The molecule has 142 valence electrons. The van der Waals surface area contributed by atoms with Crippen LogP contribution >= 0.6 is 0 Å². The molecule has 4 rings (SSSR count). The van der Waals surface area contributed by atoms with Crippen molar-refractivity contribution in [1.29, 1.82) is 0 Å². The molecule has 0 atom stereocenters. The summed E-state index contributed by atoms with van der Waals surface area (Å²) in [5.74, 6) is 1.17. The van der Waals surface area contributed by atoms with Crippen molar-refractivity contribution < 1.29 is 9.53 Å². The number of aromatic amines is 1. The lowest BCUT2D eigenvalue weighted by atomic mass is 10.1. The molecule has 0 unspecified atom stereocenters. The zero-order chi connectivity index (χ0) is 19.5. The second kappa shape index (κ2) is 7.60. The summed E-state index contributed by atoms with van der Waals surface area (Å²) in [5.41, 5.74) is 4.02. The van der Waals surface area contributed by atoms with Gasteiger partial charge in [-0.1, -0.05) is 30.3 Å². The lowest BCUT2D eigenvalue weighted by Gasteiger charge is -2.05. The van der Waals surface area contributed by atoms with Crippen LogP contribution in [-0.2, 0) is 17.8 Å². The summed E-state index contributed by atoms with van der Waals surface area (Å²) in [5, 5.41) is 11.3. The van der Waals surface area contributed by atoms with Crippen LogP contribution in [-0.4, -0.2) is 27.8 Å². The van der Waals surface area contributed by atoms with Gasteiger partial charge in [0.05, 0.1) is 24.9 Å². The topological polar surface area (TPSA) is 71.9 Å². The first-order valence-corrected chi connectivity index (χ1v) is 9.24. The van der Waals surface area contributed by atoms with E-state index in [1.54, 1.807) is 7.11 Å². The van der Waals surface area contributed by atoms with Crippen molar-refractivity contribution in [2.75, 3.05) is 12.4 Å². The molecular formula is C22H22N4O2. The zero-order valence-corrected chi connectivity index (χ0v) is 15.9. The van der Waals surface area contributed by atoms with Crippen molar-refractivity contribution in [3.05, 3.63) is 66.2 Å². The number of benzene rings is 2. The Morgan fingerprint density at radius 2 is 1.93 bits per heavy atom. The molecule has 28 heavy (non-hydrogen) atoms. The highest BCUT2D eigenvalue weighted by atomic mass is 16.5. The Balaban J connectivity index is 1.50.